The Morgan fingerprint density at radius 3 is 1.98 bits per heavy atom. The molecule has 4 N–H and O–H groups in total. The summed E-state index contributed by atoms with van der Waals surface area (Å²) in [7, 11) is -5.04. The van der Waals surface area contributed by atoms with Crippen LogP contribution in [0.15, 0.2) is 48.6 Å². The Bertz CT molecular complexity index is 1040. The second-order valence-electron chi connectivity index (χ2n) is 11.7. The van der Waals surface area contributed by atoms with E-state index < -0.39 is 59.8 Å². The number of aliphatic hydroxyl groups is 3. The third kappa shape index (κ3) is 21.9. The third-order valence-electron chi connectivity index (χ3n) is 7.44. The summed E-state index contributed by atoms with van der Waals surface area (Å²) >= 11 is 0. The first-order valence-electron chi connectivity index (χ1n) is 17.4. The topological polar surface area (TPSA) is 178 Å². The van der Waals surface area contributed by atoms with Crippen molar-refractivity contribution in [1.82, 2.24) is 0 Å². The van der Waals surface area contributed by atoms with Gasteiger partial charge in [-0.1, -0.05) is 94.6 Å². The van der Waals surface area contributed by atoms with E-state index in [-0.39, 0.29) is 19.6 Å². The summed E-state index contributed by atoms with van der Waals surface area (Å²) in [6.45, 7) is 3.41. The van der Waals surface area contributed by atoms with Gasteiger partial charge in [-0.2, -0.15) is 8.42 Å². The van der Waals surface area contributed by atoms with E-state index in [0.29, 0.717) is 13.0 Å². The molecule has 0 aromatic carbocycles. The SMILES string of the molecule is CC/C=C\C/C=C\C/C=C\C/C=C\CCCCCCCCCOCC(COC1OC(CO)C(O)C(OS(=O)(=O)O)C1O)OC(=O)CCC. The van der Waals surface area contributed by atoms with Crippen molar-refractivity contribution in [3.63, 3.8) is 0 Å². The molecular formula is C35H60O12S. The van der Waals surface area contributed by atoms with Gasteiger partial charge in [0.1, 0.15) is 30.5 Å². The fraction of sp³-hybridized carbons (Fsp3) is 0.743. The van der Waals surface area contributed by atoms with Crippen LogP contribution in [0.1, 0.15) is 104 Å². The third-order valence-corrected chi connectivity index (χ3v) is 7.90. The molecule has 1 saturated heterocycles. The maximum absolute atomic E-state index is 12.1. The molecule has 0 aromatic rings. The minimum atomic E-state index is -5.04. The van der Waals surface area contributed by atoms with Gasteiger partial charge in [0.2, 0.25) is 0 Å². The van der Waals surface area contributed by atoms with Gasteiger partial charge in [0.05, 0.1) is 19.8 Å². The second-order valence-corrected chi connectivity index (χ2v) is 12.8. The first-order valence-corrected chi connectivity index (χ1v) is 18.8. The van der Waals surface area contributed by atoms with Crippen LogP contribution in [0.4, 0.5) is 0 Å². The van der Waals surface area contributed by atoms with Gasteiger partial charge in [-0.15, -0.1) is 0 Å². The van der Waals surface area contributed by atoms with E-state index in [4.69, 9.17) is 23.5 Å². The summed E-state index contributed by atoms with van der Waals surface area (Å²) in [5.41, 5.74) is 0. The predicted molar refractivity (Wildman–Crippen MR) is 183 cm³/mol. The van der Waals surface area contributed by atoms with Crippen LogP contribution in [-0.2, 0) is 38.3 Å². The van der Waals surface area contributed by atoms with Crippen LogP contribution in [0.25, 0.3) is 0 Å². The average molecular weight is 705 g/mol. The van der Waals surface area contributed by atoms with Crippen LogP contribution in [-0.4, -0.2) is 97.5 Å². The molecule has 12 nitrogen and oxygen atoms in total. The summed E-state index contributed by atoms with van der Waals surface area (Å²) in [5, 5.41) is 30.1. The predicted octanol–water partition coefficient (Wildman–Crippen LogP) is 5.28. The smallest absolute Gasteiger partial charge is 0.397 e. The lowest BCUT2D eigenvalue weighted by Gasteiger charge is -2.41. The molecule has 0 aliphatic carbocycles. The van der Waals surface area contributed by atoms with Crippen LogP contribution in [0, 0.1) is 0 Å². The largest absolute Gasteiger partial charge is 0.457 e. The summed E-state index contributed by atoms with van der Waals surface area (Å²) < 4.78 is 57.8. The number of unbranched alkanes of at least 4 members (excludes halogenated alkanes) is 7. The van der Waals surface area contributed by atoms with Gasteiger partial charge in [-0.05, 0) is 51.4 Å². The molecule has 13 heteroatoms. The van der Waals surface area contributed by atoms with Crippen molar-refractivity contribution in [3.8, 4) is 0 Å². The fourth-order valence-corrected chi connectivity index (χ4v) is 5.38. The van der Waals surface area contributed by atoms with E-state index in [9.17, 15) is 28.5 Å². The molecule has 0 aromatic heterocycles. The maximum atomic E-state index is 12.1. The monoisotopic (exact) mass is 704 g/mol. The number of esters is 1. The van der Waals surface area contributed by atoms with Gasteiger partial charge in [0, 0.05) is 13.0 Å². The number of carbonyl (C=O) groups is 1. The Labute approximate surface area is 287 Å². The van der Waals surface area contributed by atoms with E-state index in [1.807, 2.05) is 6.92 Å². The summed E-state index contributed by atoms with van der Waals surface area (Å²) in [6.07, 6.45) is 22.0. The number of carbonyl (C=O) groups excluding carboxylic acids is 1. The van der Waals surface area contributed by atoms with Crippen molar-refractivity contribution in [2.45, 2.75) is 141 Å². The normalized spacial score (nSPS) is 22.8. The Morgan fingerprint density at radius 1 is 0.812 bits per heavy atom. The number of hydrogen-bond donors (Lipinski definition) is 4. The van der Waals surface area contributed by atoms with E-state index in [0.717, 1.165) is 57.8 Å². The van der Waals surface area contributed by atoms with Crippen molar-refractivity contribution >= 4 is 16.4 Å². The molecule has 0 amide bonds. The van der Waals surface area contributed by atoms with Crippen LogP contribution in [0.5, 0.6) is 0 Å². The quantitative estimate of drug-likeness (QED) is 0.0359. The van der Waals surface area contributed by atoms with Crippen LogP contribution < -0.4 is 0 Å². The van der Waals surface area contributed by atoms with Crippen molar-refractivity contribution in [2.75, 3.05) is 26.4 Å². The zero-order valence-corrected chi connectivity index (χ0v) is 29.6. The van der Waals surface area contributed by atoms with Crippen LogP contribution in [0.3, 0.4) is 0 Å². The molecule has 0 radical (unpaired) electrons. The van der Waals surface area contributed by atoms with E-state index >= 15 is 0 Å². The molecule has 0 saturated carbocycles. The number of hydrogen-bond acceptors (Lipinski definition) is 11. The van der Waals surface area contributed by atoms with Gasteiger partial charge < -0.3 is 34.3 Å². The second kappa shape index (κ2) is 27.8. The number of ether oxygens (including phenoxy) is 4. The molecule has 48 heavy (non-hydrogen) atoms. The summed E-state index contributed by atoms with van der Waals surface area (Å²) in [4.78, 5) is 12.1. The molecule has 6 atom stereocenters. The minimum Gasteiger partial charge on any atom is -0.457 e. The average Bonchev–Trinajstić information content (AvgIpc) is 3.04. The molecule has 1 aliphatic rings. The molecule has 1 fully saturated rings. The van der Waals surface area contributed by atoms with Crippen molar-refractivity contribution < 1.29 is 56.2 Å². The molecule has 1 rings (SSSR count). The molecule has 1 aliphatic heterocycles. The molecule has 0 bridgehead atoms. The Balaban J connectivity index is 2.26. The highest BCUT2D eigenvalue weighted by molar-refractivity contribution is 7.80. The van der Waals surface area contributed by atoms with Crippen molar-refractivity contribution in [1.29, 1.82) is 0 Å². The van der Waals surface area contributed by atoms with Crippen LogP contribution in [0.2, 0.25) is 0 Å². The van der Waals surface area contributed by atoms with Gasteiger partial charge >= 0.3 is 16.4 Å². The molecular weight excluding hydrogens is 644 g/mol. The Morgan fingerprint density at radius 2 is 1.40 bits per heavy atom. The molecule has 1 heterocycles. The van der Waals surface area contributed by atoms with Crippen molar-refractivity contribution in [3.05, 3.63) is 48.6 Å². The zero-order chi connectivity index (χ0) is 35.5. The van der Waals surface area contributed by atoms with E-state index in [1.54, 1.807) is 0 Å². The fourth-order valence-electron chi connectivity index (χ4n) is 4.87. The Kier molecular flexibility index (Phi) is 25.6. The lowest BCUT2D eigenvalue weighted by Crippen LogP contribution is -2.60. The van der Waals surface area contributed by atoms with Crippen LogP contribution >= 0.6 is 0 Å². The minimum absolute atomic E-state index is 0.0204. The maximum Gasteiger partial charge on any atom is 0.397 e. The lowest BCUT2D eigenvalue weighted by molar-refractivity contribution is -0.301. The van der Waals surface area contributed by atoms with Gasteiger partial charge in [-0.25, -0.2) is 4.18 Å². The highest BCUT2D eigenvalue weighted by Gasteiger charge is 2.48. The number of allylic oxidation sites excluding steroid dienone is 8. The lowest BCUT2D eigenvalue weighted by atomic mass is 9.99. The summed E-state index contributed by atoms with van der Waals surface area (Å²) in [6, 6.07) is 0. The number of aliphatic hydroxyl groups excluding tert-OH is 3. The van der Waals surface area contributed by atoms with Gasteiger partial charge in [0.25, 0.3) is 0 Å². The summed E-state index contributed by atoms with van der Waals surface area (Å²) in [5.74, 6) is -0.460. The van der Waals surface area contributed by atoms with Gasteiger partial charge in [-0.3, -0.25) is 9.35 Å². The van der Waals surface area contributed by atoms with Gasteiger partial charge in [0.15, 0.2) is 6.29 Å². The zero-order valence-electron chi connectivity index (χ0n) is 28.8. The molecule has 0 spiro atoms. The van der Waals surface area contributed by atoms with E-state index in [1.165, 1.54) is 19.3 Å². The van der Waals surface area contributed by atoms with E-state index in [2.05, 4.69) is 59.7 Å². The molecule has 6 unspecified atom stereocenters. The first-order chi connectivity index (χ1) is 23.1. The number of rotatable bonds is 28. The highest BCUT2D eigenvalue weighted by atomic mass is 32.3. The van der Waals surface area contributed by atoms with Crippen molar-refractivity contribution in [2.24, 2.45) is 0 Å². The standard InChI is InChI=1S/C35H60O12S/c1-3-5-6-7-8-9-10-11-12-13-14-15-16-17-18-19-20-21-22-23-25-43-27-29(45-31(37)24-4-2)28-44-35-33(39)34(47-48(40,41)42)32(38)30(26-36)46-35/h5-6,8-9,11-12,14-15,29-30,32-36,38-39H,3-4,7,10,13,16-28H2,1-2H3,(H,40,41,42)/b6-5-,9-8-,12-11-,15-14-. The highest BCUT2D eigenvalue weighted by Crippen LogP contribution is 2.26. The Hall–Kier alpha value is -1.94. The molecule has 278 valence electrons. The first kappa shape index (κ1) is 44.1.